The van der Waals surface area contributed by atoms with E-state index in [1.165, 1.54) is 25.7 Å². The van der Waals surface area contributed by atoms with Crippen molar-refractivity contribution in [3.05, 3.63) is 83.1 Å². The summed E-state index contributed by atoms with van der Waals surface area (Å²) in [6.45, 7) is 0. The molecule has 22 heavy (non-hydrogen) atoms. The first-order valence-corrected chi connectivity index (χ1v) is 9.61. The fourth-order valence-corrected chi connectivity index (χ4v) is 2.55. The monoisotopic (exact) mass is 331 g/mol. The second-order valence-corrected chi connectivity index (χ2v) is 6.23. The van der Waals surface area contributed by atoms with E-state index in [1.807, 2.05) is 70.9 Å². The van der Waals surface area contributed by atoms with Crippen LogP contribution in [0, 0.1) is 0 Å². The average molecular weight is 332 g/mol. The van der Waals surface area contributed by atoms with Crippen LogP contribution in [0.25, 0.3) is 0 Å². The predicted octanol–water partition coefficient (Wildman–Crippen LogP) is 6.30. The number of thioether (sulfide) groups is 1. The van der Waals surface area contributed by atoms with E-state index in [0.717, 1.165) is 5.88 Å². The number of benzene rings is 1. The molecule has 1 nitrogen and oxygen atoms in total. The Hall–Kier alpha value is -1.45. The lowest BCUT2D eigenvalue weighted by molar-refractivity contribution is 0.730. The quantitative estimate of drug-likeness (QED) is 0.568. The van der Waals surface area contributed by atoms with Gasteiger partial charge >= 0.3 is 0 Å². The minimum absolute atomic E-state index is 1.06. The minimum atomic E-state index is 1.06. The van der Waals surface area contributed by atoms with Crippen molar-refractivity contribution < 1.29 is 0 Å². The fourth-order valence-electron chi connectivity index (χ4n) is 1.61. The van der Waals surface area contributed by atoms with Crippen LogP contribution in [0.1, 0.15) is 25.7 Å². The lowest BCUT2D eigenvalue weighted by Crippen LogP contribution is -1.93. The maximum absolute atomic E-state index is 3.00. The van der Waals surface area contributed by atoms with Gasteiger partial charge < -0.3 is 5.32 Å². The molecule has 1 aromatic heterocycles. The molecular weight excluding hydrogens is 306 g/mol. The van der Waals surface area contributed by atoms with Gasteiger partial charge in [-0.1, -0.05) is 60.7 Å². The van der Waals surface area contributed by atoms with Crippen molar-refractivity contribution in [2.24, 2.45) is 0 Å². The van der Waals surface area contributed by atoms with Crippen LogP contribution >= 0.6 is 23.1 Å². The molecule has 2 aliphatic rings. The van der Waals surface area contributed by atoms with Gasteiger partial charge in [0.25, 0.3) is 0 Å². The molecule has 0 radical (unpaired) electrons. The van der Waals surface area contributed by atoms with Crippen molar-refractivity contribution in [1.29, 1.82) is 0 Å². The van der Waals surface area contributed by atoms with Gasteiger partial charge in [-0.3, -0.25) is 0 Å². The Morgan fingerprint density at radius 3 is 1.41 bits per heavy atom. The number of nitrogens with one attached hydrogen (secondary N) is 1. The van der Waals surface area contributed by atoms with Crippen LogP contribution in [0.5, 0.6) is 0 Å². The van der Waals surface area contributed by atoms with Crippen LogP contribution in [0.3, 0.4) is 0 Å². The molecule has 0 fully saturated rings. The van der Waals surface area contributed by atoms with E-state index in [0.29, 0.717) is 0 Å². The van der Waals surface area contributed by atoms with Crippen molar-refractivity contribution in [2.75, 3.05) is 5.88 Å². The van der Waals surface area contributed by atoms with Gasteiger partial charge in [0.2, 0.25) is 0 Å². The first-order valence-electron chi connectivity index (χ1n) is 7.62. The third-order valence-electron chi connectivity index (χ3n) is 2.70. The second kappa shape index (κ2) is 15.9. The van der Waals surface area contributed by atoms with Crippen LogP contribution in [0.15, 0.2) is 83.1 Å². The van der Waals surface area contributed by atoms with E-state index in [4.69, 9.17) is 0 Å². The summed E-state index contributed by atoms with van der Waals surface area (Å²) in [5.41, 5.74) is 0. The van der Waals surface area contributed by atoms with Gasteiger partial charge in [-0.05, 0) is 41.9 Å². The van der Waals surface area contributed by atoms with Crippen LogP contribution in [-0.2, 0) is 0 Å². The zero-order valence-corrected chi connectivity index (χ0v) is 14.6. The van der Waals surface area contributed by atoms with Gasteiger partial charge in [-0.15, -0.1) is 11.8 Å². The SMILES string of the molecule is C1=CCCCC1.C1=CSCN1.c1ccccc1.c1ccsc1. The number of hydrogen-bond acceptors (Lipinski definition) is 3. The zero-order valence-electron chi connectivity index (χ0n) is 12.9. The van der Waals surface area contributed by atoms with Gasteiger partial charge in [-0.2, -0.15) is 11.3 Å². The molecule has 4 rings (SSSR count). The van der Waals surface area contributed by atoms with Gasteiger partial charge in [0.15, 0.2) is 0 Å². The predicted molar refractivity (Wildman–Crippen MR) is 103 cm³/mol. The highest BCUT2D eigenvalue weighted by Gasteiger charge is 1.87. The average Bonchev–Trinajstić information content (AvgIpc) is 3.37. The molecule has 2 heterocycles. The number of hydrogen-bond donors (Lipinski definition) is 1. The summed E-state index contributed by atoms with van der Waals surface area (Å²) in [6, 6.07) is 16.0. The summed E-state index contributed by atoms with van der Waals surface area (Å²) in [5.74, 6) is 1.06. The Balaban J connectivity index is 0.000000147. The molecule has 118 valence electrons. The first kappa shape index (κ1) is 18.6. The smallest absolute Gasteiger partial charge is 0.0646 e. The molecule has 0 spiro atoms. The maximum Gasteiger partial charge on any atom is 0.0646 e. The number of rotatable bonds is 0. The topological polar surface area (TPSA) is 12.0 Å². The summed E-state index contributed by atoms with van der Waals surface area (Å²) in [6.07, 6.45) is 11.9. The van der Waals surface area contributed by atoms with Crippen molar-refractivity contribution >= 4 is 23.1 Å². The third-order valence-corrected chi connectivity index (χ3v) is 3.99. The van der Waals surface area contributed by atoms with E-state index < -0.39 is 0 Å². The molecule has 0 unspecified atom stereocenters. The third kappa shape index (κ3) is 13.5. The van der Waals surface area contributed by atoms with E-state index in [2.05, 4.69) is 17.5 Å². The van der Waals surface area contributed by atoms with E-state index >= 15 is 0 Å². The summed E-state index contributed by atoms with van der Waals surface area (Å²) < 4.78 is 0. The highest BCUT2D eigenvalue weighted by molar-refractivity contribution is 8.02. The molecule has 0 saturated heterocycles. The molecule has 1 aliphatic heterocycles. The summed E-state index contributed by atoms with van der Waals surface area (Å²) in [5, 5.41) is 9.13. The number of allylic oxidation sites excluding steroid dienone is 2. The van der Waals surface area contributed by atoms with Crippen molar-refractivity contribution in [2.45, 2.75) is 25.7 Å². The van der Waals surface area contributed by atoms with Gasteiger partial charge in [0.1, 0.15) is 0 Å². The molecule has 1 aliphatic carbocycles. The fraction of sp³-hybridized carbons (Fsp3) is 0.263. The highest BCUT2D eigenvalue weighted by Crippen LogP contribution is 2.07. The normalized spacial score (nSPS) is 14.2. The van der Waals surface area contributed by atoms with E-state index in [-0.39, 0.29) is 0 Å². The van der Waals surface area contributed by atoms with Crippen molar-refractivity contribution in [1.82, 2.24) is 5.32 Å². The van der Waals surface area contributed by atoms with Crippen LogP contribution < -0.4 is 5.32 Å². The Kier molecular flexibility index (Phi) is 13.5. The zero-order chi connectivity index (χ0) is 15.6. The van der Waals surface area contributed by atoms with E-state index in [1.54, 1.807) is 23.1 Å². The first-order chi connectivity index (χ1) is 11.0. The molecular formula is C19H25NS2. The van der Waals surface area contributed by atoms with E-state index in [9.17, 15) is 0 Å². The Bertz CT molecular complexity index is 406. The van der Waals surface area contributed by atoms with Crippen molar-refractivity contribution in [3.63, 3.8) is 0 Å². The van der Waals surface area contributed by atoms with Gasteiger partial charge in [0, 0.05) is 6.20 Å². The van der Waals surface area contributed by atoms with Crippen LogP contribution in [0.2, 0.25) is 0 Å². The Morgan fingerprint density at radius 1 is 0.682 bits per heavy atom. The molecule has 3 heteroatoms. The Morgan fingerprint density at radius 2 is 1.23 bits per heavy atom. The largest absolute Gasteiger partial charge is 0.381 e. The molecule has 1 N–H and O–H groups in total. The van der Waals surface area contributed by atoms with Gasteiger partial charge in [-0.25, -0.2) is 0 Å². The number of thiophene rings is 1. The highest BCUT2D eigenvalue weighted by atomic mass is 32.2. The summed E-state index contributed by atoms with van der Waals surface area (Å²) >= 11 is 3.50. The minimum Gasteiger partial charge on any atom is -0.381 e. The molecule has 1 aromatic carbocycles. The molecule has 0 saturated carbocycles. The molecule has 2 aromatic rings. The Labute approximate surface area is 143 Å². The van der Waals surface area contributed by atoms with Crippen LogP contribution in [-0.4, -0.2) is 5.88 Å². The van der Waals surface area contributed by atoms with Crippen molar-refractivity contribution in [3.8, 4) is 0 Å². The van der Waals surface area contributed by atoms with Crippen LogP contribution in [0.4, 0.5) is 0 Å². The molecule has 0 amide bonds. The lowest BCUT2D eigenvalue weighted by atomic mass is 10.1. The second-order valence-electron chi connectivity index (χ2n) is 4.52. The maximum atomic E-state index is 3.00. The lowest BCUT2D eigenvalue weighted by Gasteiger charge is -1.97. The van der Waals surface area contributed by atoms with Gasteiger partial charge in [0.05, 0.1) is 5.88 Å². The summed E-state index contributed by atoms with van der Waals surface area (Å²) in [4.78, 5) is 0. The molecule has 0 bridgehead atoms. The molecule has 0 atom stereocenters. The summed E-state index contributed by atoms with van der Waals surface area (Å²) in [7, 11) is 0. The standard InChI is InChI=1S/C6H10.C6H6.C4H4S.C3H5NS/c2*1-2-4-6-5-3-1;1-2-4-5-3-1;1-2-5-3-4-1/h1-2H,3-6H2;1-6H;1-4H;1-2,4H,3H2.